The van der Waals surface area contributed by atoms with E-state index in [1.807, 2.05) is 42.5 Å². The molecule has 242 valence electrons. The van der Waals surface area contributed by atoms with E-state index in [9.17, 15) is 24.0 Å². The molecule has 11 nitrogen and oxygen atoms in total. The second kappa shape index (κ2) is 15.0. The Morgan fingerprint density at radius 1 is 0.933 bits per heavy atom. The molecule has 2 aromatic rings. The van der Waals surface area contributed by atoms with Gasteiger partial charge in [0.05, 0.1) is 14.2 Å². The molecule has 2 fully saturated rings. The standard InChI is InChI=1S/C34H42N2O9/c1-23(45-24(2)37)28(32(40)43-4)20-30(38)34(21-25-13-15-27(42-3)16-14-25)17-9-19-36(34)31(39)29-12-8-18-35(29)33(41)44-22-26-10-6-5-7-11-26/h5-7,10-11,13-16,23,28-29H,8-9,12,17-22H2,1-4H3/t23-,28+,29?,34?/m1/s1. The van der Waals surface area contributed by atoms with Crippen molar-refractivity contribution in [3.05, 3.63) is 65.7 Å². The Hall–Kier alpha value is -4.41. The summed E-state index contributed by atoms with van der Waals surface area (Å²) < 4.78 is 21.1. The molecule has 0 N–H and O–H groups in total. The largest absolute Gasteiger partial charge is 0.497 e. The van der Waals surface area contributed by atoms with Crippen molar-refractivity contribution >= 4 is 29.7 Å². The SMILES string of the molecule is COC(=O)[C@@H](CC(=O)C1(Cc2ccc(OC)cc2)CCCN1C(=O)C1CCCN1C(=O)OCc1ccccc1)[C@@H](C)OC(C)=O. The number of carbonyl (C=O) groups is 5. The zero-order valence-corrected chi connectivity index (χ0v) is 26.4. The van der Waals surface area contributed by atoms with Crippen LogP contribution in [0.4, 0.5) is 4.79 Å². The van der Waals surface area contributed by atoms with E-state index in [4.69, 9.17) is 18.9 Å². The van der Waals surface area contributed by atoms with E-state index in [1.165, 1.54) is 18.9 Å². The molecule has 2 aromatic carbocycles. The molecule has 2 aliphatic rings. The third-order valence-electron chi connectivity index (χ3n) is 8.73. The summed E-state index contributed by atoms with van der Waals surface area (Å²) in [5.74, 6) is -2.35. The van der Waals surface area contributed by atoms with Gasteiger partial charge >= 0.3 is 18.0 Å². The van der Waals surface area contributed by atoms with Crippen LogP contribution in [-0.4, -0.2) is 84.5 Å². The molecule has 45 heavy (non-hydrogen) atoms. The van der Waals surface area contributed by atoms with Crippen LogP contribution in [0.15, 0.2) is 54.6 Å². The Morgan fingerprint density at radius 2 is 1.64 bits per heavy atom. The summed E-state index contributed by atoms with van der Waals surface area (Å²) in [6.45, 7) is 3.53. The summed E-state index contributed by atoms with van der Waals surface area (Å²) in [6.07, 6.45) is 0.378. The molecule has 2 heterocycles. The fourth-order valence-corrected chi connectivity index (χ4v) is 6.40. The van der Waals surface area contributed by atoms with Crippen molar-refractivity contribution in [1.29, 1.82) is 0 Å². The predicted octanol–water partition coefficient (Wildman–Crippen LogP) is 4.10. The number of methoxy groups -OCH3 is 2. The minimum atomic E-state index is -1.30. The summed E-state index contributed by atoms with van der Waals surface area (Å²) in [5, 5.41) is 0. The van der Waals surface area contributed by atoms with E-state index >= 15 is 0 Å². The number of amides is 2. The van der Waals surface area contributed by atoms with Gasteiger partial charge in [-0.05, 0) is 55.9 Å². The van der Waals surface area contributed by atoms with Gasteiger partial charge in [0, 0.05) is 32.9 Å². The molecule has 2 amide bonds. The predicted molar refractivity (Wildman–Crippen MR) is 163 cm³/mol. The number of carbonyl (C=O) groups excluding carboxylic acids is 5. The van der Waals surface area contributed by atoms with Gasteiger partial charge in [0.15, 0.2) is 5.78 Å². The van der Waals surface area contributed by atoms with E-state index in [-0.39, 0.29) is 31.1 Å². The van der Waals surface area contributed by atoms with Crippen molar-refractivity contribution in [3.8, 4) is 5.75 Å². The molecule has 4 rings (SSSR count). The van der Waals surface area contributed by atoms with Gasteiger partial charge in [-0.25, -0.2) is 4.79 Å². The molecule has 11 heteroatoms. The number of hydrogen-bond acceptors (Lipinski definition) is 9. The zero-order valence-electron chi connectivity index (χ0n) is 26.4. The highest BCUT2D eigenvalue weighted by molar-refractivity contribution is 5.97. The number of nitrogens with zero attached hydrogens (tertiary/aromatic N) is 2. The molecule has 0 aliphatic carbocycles. The maximum Gasteiger partial charge on any atom is 0.410 e. The first kappa shape index (κ1) is 33.5. The number of likely N-dealkylation sites (tertiary alicyclic amines) is 2. The lowest BCUT2D eigenvalue weighted by molar-refractivity contribution is -0.161. The minimum Gasteiger partial charge on any atom is -0.497 e. The van der Waals surface area contributed by atoms with E-state index in [1.54, 1.807) is 31.1 Å². The number of benzene rings is 2. The van der Waals surface area contributed by atoms with E-state index in [2.05, 4.69) is 0 Å². The molecular formula is C34H42N2O9. The van der Waals surface area contributed by atoms with Gasteiger partial charge < -0.3 is 23.8 Å². The number of esters is 2. The molecule has 0 saturated carbocycles. The van der Waals surface area contributed by atoms with Crippen LogP contribution < -0.4 is 4.74 Å². The number of ether oxygens (including phenoxy) is 4. The lowest BCUT2D eigenvalue weighted by atomic mass is 9.79. The number of ketones is 1. The van der Waals surface area contributed by atoms with Crippen molar-refractivity contribution in [2.45, 2.75) is 76.7 Å². The molecule has 2 aliphatic heterocycles. The maximum atomic E-state index is 14.4. The average molecular weight is 623 g/mol. The van der Waals surface area contributed by atoms with Crippen molar-refractivity contribution in [2.75, 3.05) is 27.3 Å². The highest BCUT2D eigenvalue weighted by atomic mass is 16.6. The quantitative estimate of drug-likeness (QED) is 0.254. The lowest BCUT2D eigenvalue weighted by Crippen LogP contribution is -2.59. The number of Topliss-reactive ketones (excluding diaryl/α,β-unsaturated/α-hetero) is 1. The van der Waals surface area contributed by atoms with Crippen LogP contribution in [0.3, 0.4) is 0 Å². The summed E-state index contributed by atoms with van der Waals surface area (Å²) in [4.78, 5) is 69.5. The Labute approximate surface area is 263 Å². The smallest absolute Gasteiger partial charge is 0.410 e. The topological polar surface area (TPSA) is 129 Å². The van der Waals surface area contributed by atoms with Gasteiger partial charge in [0.2, 0.25) is 5.91 Å². The second-order valence-electron chi connectivity index (χ2n) is 11.6. The van der Waals surface area contributed by atoms with Crippen molar-refractivity contribution < 1.29 is 42.9 Å². The fourth-order valence-electron chi connectivity index (χ4n) is 6.40. The van der Waals surface area contributed by atoms with Crippen LogP contribution in [0.1, 0.15) is 57.1 Å². The number of rotatable bonds is 12. The zero-order chi connectivity index (χ0) is 32.6. The summed E-state index contributed by atoms with van der Waals surface area (Å²) >= 11 is 0. The first-order valence-corrected chi connectivity index (χ1v) is 15.3. The van der Waals surface area contributed by atoms with Gasteiger partial charge in [-0.2, -0.15) is 0 Å². The van der Waals surface area contributed by atoms with Crippen LogP contribution in [-0.2, 0) is 46.4 Å². The van der Waals surface area contributed by atoms with Gasteiger partial charge in [0.25, 0.3) is 0 Å². The summed E-state index contributed by atoms with van der Waals surface area (Å²) in [6, 6.07) is 15.8. The maximum absolute atomic E-state index is 14.4. The molecule has 4 atom stereocenters. The first-order valence-electron chi connectivity index (χ1n) is 15.3. The normalized spacial score (nSPS) is 20.7. The lowest BCUT2D eigenvalue weighted by Gasteiger charge is -2.40. The van der Waals surface area contributed by atoms with E-state index in [0.717, 1.165) is 11.1 Å². The Morgan fingerprint density at radius 3 is 2.29 bits per heavy atom. The first-order chi connectivity index (χ1) is 21.6. The molecule has 0 bridgehead atoms. The van der Waals surface area contributed by atoms with Crippen molar-refractivity contribution in [2.24, 2.45) is 5.92 Å². The summed E-state index contributed by atoms with van der Waals surface area (Å²) in [7, 11) is 2.78. The second-order valence-corrected chi connectivity index (χ2v) is 11.6. The van der Waals surface area contributed by atoms with Crippen molar-refractivity contribution in [3.63, 3.8) is 0 Å². The summed E-state index contributed by atoms with van der Waals surface area (Å²) in [5.41, 5.74) is 0.340. The molecule has 0 aromatic heterocycles. The minimum absolute atomic E-state index is 0.0795. The highest BCUT2D eigenvalue weighted by Gasteiger charge is 2.53. The Kier molecular flexibility index (Phi) is 11.2. The molecule has 0 spiro atoms. The van der Waals surface area contributed by atoms with Crippen LogP contribution in [0.2, 0.25) is 0 Å². The van der Waals surface area contributed by atoms with Crippen LogP contribution in [0.25, 0.3) is 0 Å². The van der Waals surface area contributed by atoms with Crippen molar-refractivity contribution in [1.82, 2.24) is 9.80 Å². The van der Waals surface area contributed by atoms with E-state index < -0.39 is 41.6 Å². The monoisotopic (exact) mass is 622 g/mol. The Bertz CT molecular complexity index is 1360. The van der Waals surface area contributed by atoms with Gasteiger partial charge in [0.1, 0.15) is 36.0 Å². The Balaban J connectivity index is 1.62. The molecule has 0 radical (unpaired) electrons. The van der Waals surface area contributed by atoms with Crippen LogP contribution >= 0.6 is 0 Å². The number of hydrogen-bond donors (Lipinski definition) is 0. The van der Waals surface area contributed by atoms with Gasteiger partial charge in [-0.15, -0.1) is 0 Å². The van der Waals surface area contributed by atoms with E-state index in [0.29, 0.717) is 44.5 Å². The molecular weight excluding hydrogens is 580 g/mol. The average Bonchev–Trinajstić information content (AvgIpc) is 3.71. The van der Waals surface area contributed by atoms with Crippen LogP contribution in [0, 0.1) is 5.92 Å². The third kappa shape index (κ3) is 7.82. The molecule has 2 unspecified atom stereocenters. The molecule has 2 saturated heterocycles. The van der Waals surface area contributed by atoms with Gasteiger partial charge in [-0.3, -0.25) is 24.1 Å². The fraction of sp³-hybridized carbons (Fsp3) is 0.500. The third-order valence-corrected chi connectivity index (χ3v) is 8.73. The van der Waals surface area contributed by atoms with Gasteiger partial charge in [-0.1, -0.05) is 42.5 Å². The highest BCUT2D eigenvalue weighted by Crippen LogP contribution is 2.38. The van der Waals surface area contributed by atoms with Crippen LogP contribution in [0.5, 0.6) is 5.75 Å².